The second-order valence-electron chi connectivity index (χ2n) is 11.8. The molecule has 3 heterocycles. The van der Waals surface area contributed by atoms with Crippen molar-refractivity contribution >= 4 is 57.1 Å². The molecule has 47 heavy (non-hydrogen) atoms. The van der Waals surface area contributed by atoms with Gasteiger partial charge in [-0.3, -0.25) is 9.78 Å². The average molecular weight is 672 g/mol. The van der Waals surface area contributed by atoms with Crippen LogP contribution in [0.3, 0.4) is 0 Å². The number of piperidine rings is 2. The number of carbonyl (C=O) groups is 1. The Morgan fingerprint density at radius 2 is 1.87 bits per heavy atom. The van der Waals surface area contributed by atoms with Crippen molar-refractivity contribution in [3.63, 3.8) is 0 Å². The van der Waals surface area contributed by atoms with Gasteiger partial charge in [0.2, 0.25) is 5.91 Å². The van der Waals surface area contributed by atoms with Crippen LogP contribution in [0.4, 0.5) is 17.1 Å². The Morgan fingerprint density at radius 3 is 2.62 bits per heavy atom. The summed E-state index contributed by atoms with van der Waals surface area (Å²) in [6.07, 6.45) is 6.66. The third-order valence-electron chi connectivity index (χ3n) is 8.43. The molecule has 0 aliphatic carbocycles. The van der Waals surface area contributed by atoms with E-state index >= 15 is 0 Å². The summed E-state index contributed by atoms with van der Waals surface area (Å²) in [5.41, 5.74) is 4.62. The van der Waals surface area contributed by atoms with Crippen molar-refractivity contribution in [1.82, 2.24) is 15.2 Å². The molecule has 9 nitrogen and oxygen atoms in total. The van der Waals surface area contributed by atoms with Crippen molar-refractivity contribution in [2.24, 2.45) is 0 Å². The van der Waals surface area contributed by atoms with Gasteiger partial charge >= 0.3 is 0 Å². The van der Waals surface area contributed by atoms with Crippen molar-refractivity contribution in [1.29, 1.82) is 5.26 Å². The van der Waals surface area contributed by atoms with Crippen molar-refractivity contribution in [3.05, 3.63) is 93.6 Å². The highest BCUT2D eigenvalue weighted by Gasteiger charge is 2.22. The molecule has 4 aromatic rings. The predicted molar refractivity (Wildman–Crippen MR) is 187 cm³/mol. The first-order valence-electron chi connectivity index (χ1n) is 15.7. The summed E-state index contributed by atoms with van der Waals surface area (Å²) in [7, 11) is 2.10. The number of nitrogens with one attached hydrogen (secondary N) is 3. The van der Waals surface area contributed by atoms with Crippen LogP contribution in [-0.2, 0) is 11.4 Å². The maximum absolute atomic E-state index is 13.2. The quantitative estimate of drug-likeness (QED) is 0.157. The lowest BCUT2D eigenvalue weighted by molar-refractivity contribution is -0.112. The molecular formula is C36H36Cl2N6O3. The number of aromatic nitrogens is 1. The molecule has 3 N–H and O–H groups in total. The minimum atomic E-state index is -0.215. The van der Waals surface area contributed by atoms with Crippen LogP contribution in [0, 0.1) is 11.3 Å². The number of carbonyl (C=O) groups excluding carboxylic acids is 1. The average Bonchev–Trinajstić information content (AvgIpc) is 3.07. The molecule has 0 atom stereocenters. The molecule has 242 valence electrons. The highest BCUT2D eigenvalue weighted by molar-refractivity contribution is 6.32. The molecule has 6 rings (SSSR count). The van der Waals surface area contributed by atoms with Crippen molar-refractivity contribution in [2.45, 2.75) is 38.4 Å². The van der Waals surface area contributed by atoms with Crippen LogP contribution in [0.5, 0.6) is 11.5 Å². The summed E-state index contributed by atoms with van der Waals surface area (Å²) < 4.78 is 12.4. The number of amides is 1. The monoisotopic (exact) mass is 670 g/mol. The van der Waals surface area contributed by atoms with E-state index in [0.717, 1.165) is 63.0 Å². The van der Waals surface area contributed by atoms with Gasteiger partial charge in [-0.2, -0.15) is 5.26 Å². The number of nitrogens with zero attached hydrogens (tertiary/aromatic N) is 3. The number of likely N-dealkylation sites (tertiary alicyclic amines) is 1. The fourth-order valence-electron chi connectivity index (χ4n) is 5.77. The van der Waals surface area contributed by atoms with E-state index in [4.69, 9.17) is 32.7 Å². The number of ether oxygens (including phenoxy) is 2. The highest BCUT2D eigenvalue weighted by atomic mass is 35.5. The molecule has 1 aromatic heterocycles. The highest BCUT2D eigenvalue weighted by Crippen LogP contribution is 2.38. The zero-order chi connectivity index (χ0) is 32.8. The molecule has 0 spiro atoms. The standard InChI is InChI=1S/C36H36Cl2N6O3/c1-44-14-10-27(11-15-44)47-34-19-31-28(18-32(34)43-35(45)16-23-8-12-40-13-9-23)36(25(20-39)21-41-31)42-26-6-7-33(30(38)17-26)46-22-24-4-2-3-5-29(24)37/h2-7,16-19,21,27,40H,8-15,22H2,1H3,(H,41,42)(H,43,45). The molecule has 0 radical (unpaired) electrons. The molecule has 2 aliphatic heterocycles. The smallest absolute Gasteiger partial charge is 0.248 e. The number of fused-ring (bicyclic) bond motifs is 1. The lowest BCUT2D eigenvalue weighted by atomic mass is 10.0. The van der Waals surface area contributed by atoms with Crippen LogP contribution in [0.25, 0.3) is 10.9 Å². The first-order chi connectivity index (χ1) is 22.9. The third-order valence-corrected chi connectivity index (χ3v) is 9.09. The summed E-state index contributed by atoms with van der Waals surface area (Å²) in [5.74, 6) is 0.837. The molecule has 1 amide bonds. The van der Waals surface area contributed by atoms with Gasteiger partial charge in [-0.05, 0) is 76.2 Å². The van der Waals surface area contributed by atoms with Crippen molar-refractivity contribution in [2.75, 3.05) is 43.9 Å². The minimum Gasteiger partial charge on any atom is -0.488 e. The van der Waals surface area contributed by atoms with Gasteiger partial charge in [0.05, 0.1) is 27.5 Å². The Hall–Kier alpha value is -4.33. The van der Waals surface area contributed by atoms with Gasteiger partial charge in [0.1, 0.15) is 30.3 Å². The summed E-state index contributed by atoms with van der Waals surface area (Å²) in [6, 6.07) is 18.7. The lowest BCUT2D eigenvalue weighted by Gasteiger charge is -2.30. The van der Waals surface area contributed by atoms with Crippen LogP contribution in [0.15, 0.2) is 72.4 Å². The summed E-state index contributed by atoms with van der Waals surface area (Å²) in [4.78, 5) is 20.1. The molecule has 2 fully saturated rings. The molecule has 11 heteroatoms. The zero-order valence-electron chi connectivity index (χ0n) is 26.1. The number of hydrogen-bond acceptors (Lipinski definition) is 8. The predicted octanol–water partition coefficient (Wildman–Crippen LogP) is 7.46. The Kier molecular flexibility index (Phi) is 10.4. The first-order valence-corrected chi connectivity index (χ1v) is 16.5. The van der Waals surface area contributed by atoms with Gasteiger partial charge in [-0.1, -0.05) is 47.0 Å². The summed E-state index contributed by atoms with van der Waals surface area (Å²) in [6.45, 7) is 3.85. The van der Waals surface area contributed by atoms with Crippen LogP contribution in [0.2, 0.25) is 10.0 Å². The van der Waals surface area contributed by atoms with E-state index < -0.39 is 0 Å². The molecule has 0 bridgehead atoms. The van der Waals surface area contributed by atoms with E-state index in [1.54, 1.807) is 18.2 Å². The Bertz CT molecular complexity index is 1840. The van der Waals surface area contributed by atoms with E-state index in [-0.39, 0.29) is 18.6 Å². The second-order valence-corrected chi connectivity index (χ2v) is 12.7. The molecule has 2 saturated heterocycles. The molecule has 0 unspecified atom stereocenters. The second kappa shape index (κ2) is 15.1. The Labute approximate surface area is 284 Å². The van der Waals surface area contributed by atoms with Gasteiger partial charge in [0.25, 0.3) is 0 Å². The summed E-state index contributed by atoms with van der Waals surface area (Å²) >= 11 is 12.9. The largest absolute Gasteiger partial charge is 0.488 e. The number of anilines is 3. The number of nitriles is 1. The first kappa shape index (κ1) is 32.6. The molecule has 3 aromatic carbocycles. The van der Waals surface area contributed by atoms with Crippen LogP contribution in [-0.4, -0.2) is 55.1 Å². The number of rotatable bonds is 9. The van der Waals surface area contributed by atoms with Crippen LogP contribution < -0.4 is 25.4 Å². The van der Waals surface area contributed by atoms with E-state index in [1.165, 1.54) is 6.20 Å². The zero-order valence-corrected chi connectivity index (χ0v) is 27.6. The van der Waals surface area contributed by atoms with Gasteiger partial charge in [-0.15, -0.1) is 0 Å². The maximum atomic E-state index is 13.2. The van der Waals surface area contributed by atoms with Crippen LogP contribution >= 0.6 is 23.2 Å². The van der Waals surface area contributed by atoms with Gasteiger partial charge in [-0.25, -0.2) is 0 Å². The van der Waals surface area contributed by atoms with Crippen molar-refractivity contribution < 1.29 is 14.3 Å². The number of benzene rings is 3. The maximum Gasteiger partial charge on any atom is 0.248 e. The van der Waals surface area contributed by atoms with E-state index in [1.807, 2.05) is 42.5 Å². The molecular weight excluding hydrogens is 635 g/mol. The SMILES string of the molecule is CN1CCC(Oc2cc3ncc(C#N)c(Nc4ccc(OCc5ccccc5Cl)c(Cl)c4)c3cc2NC(=O)C=C2CCNCC2)CC1. The number of hydrogen-bond donors (Lipinski definition) is 3. The van der Waals surface area contributed by atoms with Crippen molar-refractivity contribution in [3.8, 4) is 17.6 Å². The van der Waals surface area contributed by atoms with E-state index in [0.29, 0.717) is 55.1 Å². The fourth-order valence-corrected chi connectivity index (χ4v) is 6.20. The number of pyridine rings is 1. The molecule has 2 aliphatic rings. The van der Waals surface area contributed by atoms with Crippen LogP contribution in [0.1, 0.15) is 36.8 Å². The van der Waals surface area contributed by atoms with E-state index in [9.17, 15) is 10.1 Å². The van der Waals surface area contributed by atoms with Gasteiger partial charge < -0.3 is 30.3 Å². The third kappa shape index (κ3) is 8.16. The van der Waals surface area contributed by atoms with E-state index in [2.05, 4.69) is 39.0 Å². The normalized spacial score (nSPS) is 15.6. The minimum absolute atomic E-state index is 0.0128. The van der Waals surface area contributed by atoms with Gasteiger partial charge in [0.15, 0.2) is 0 Å². The lowest BCUT2D eigenvalue weighted by Crippen LogP contribution is -2.35. The van der Waals surface area contributed by atoms with Gasteiger partial charge in [0, 0.05) is 53.1 Å². The fraction of sp³-hybridized carbons (Fsp3) is 0.306. The summed E-state index contributed by atoms with van der Waals surface area (Å²) in [5, 5.41) is 21.5. The number of halogens is 2. The topological polar surface area (TPSA) is 112 Å². The molecule has 0 saturated carbocycles. The Balaban J connectivity index is 1.31. The Morgan fingerprint density at radius 1 is 1.09 bits per heavy atom.